The van der Waals surface area contributed by atoms with Gasteiger partial charge in [-0.25, -0.2) is 0 Å². The molecule has 0 bridgehead atoms. The lowest BCUT2D eigenvalue weighted by atomic mass is 10.3. The molecule has 0 unspecified atom stereocenters. The Bertz CT molecular complexity index is 697. The Morgan fingerprint density at radius 2 is 2.12 bits per heavy atom. The average Bonchev–Trinajstić information content (AvgIpc) is 2.83. The molecule has 17 heavy (non-hydrogen) atoms. The molecule has 0 N–H and O–H groups in total. The molecule has 86 valence electrons. The fourth-order valence-corrected chi connectivity index (χ4v) is 2.08. The third kappa shape index (κ3) is 1.51. The molecule has 5 nitrogen and oxygen atoms in total. The van der Waals surface area contributed by atoms with Crippen molar-refractivity contribution in [2.45, 2.75) is 6.92 Å². The van der Waals surface area contributed by atoms with Crippen LogP contribution in [0.15, 0.2) is 24.4 Å². The van der Waals surface area contributed by atoms with Crippen LogP contribution >= 0.6 is 11.6 Å². The molecule has 6 heteroatoms. The van der Waals surface area contributed by atoms with Crippen molar-refractivity contribution in [3.8, 4) is 11.5 Å². The lowest BCUT2D eigenvalue weighted by Gasteiger charge is -2.00. The van der Waals surface area contributed by atoms with Gasteiger partial charge in [0.25, 0.3) is 0 Å². The number of hydrogen-bond donors (Lipinski definition) is 0. The Morgan fingerprint density at radius 3 is 2.82 bits per heavy atom. The number of hydrogen-bond acceptors (Lipinski definition) is 3. The normalized spacial score (nSPS) is 11.2. The standard InChI is InChI=1S/C11H10ClN5/c1-7-6-9(16(2)15-7)11-14-13-10-8(12)4-3-5-17(10)11/h3-6H,1-2H3. The third-order valence-corrected chi connectivity index (χ3v) is 2.91. The van der Waals surface area contributed by atoms with E-state index in [0.717, 1.165) is 17.2 Å². The molecule has 0 fully saturated rings. The number of aromatic nitrogens is 5. The molecule has 3 aromatic heterocycles. The van der Waals surface area contributed by atoms with Crippen LogP contribution in [-0.4, -0.2) is 24.4 Å². The second kappa shape index (κ2) is 3.56. The van der Waals surface area contributed by atoms with E-state index in [0.29, 0.717) is 10.7 Å². The fraction of sp³-hybridized carbons (Fsp3) is 0.182. The SMILES string of the molecule is Cc1cc(-c2nnc3c(Cl)cccn23)n(C)n1. The average molecular weight is 248 g/mol. The van der Waals surface area contributed by atoms with Crippen molar-refractivity contribution in [2.75, 3.05) is 0 Å². The van der Waals surface area contributed by atoms with Gasteiger partial charge in [-0.1, -0.05) is 11.6 Å². The van der Waals surface area contributed by atoms with Crippen molar-refractivity contribution < 1.29 is 0 Å². The van der Waals surface area contributed by atoms with Gasteiger partial charge >= 0.3 is 0 Å². The summed E-state index contributed by atoms with van der Waals surface area (Å²) in [6.07, 6.45) is 1.89. The predicted octanol–water partition coefficient (Wildman–Crippen LogP) is 2.09. The van der Waals surface area contributed by atoms with Crippen LogP contribution in [0, 0.1) is 6.92 Å². The van der Waals surface area contributed by atoms with Crippen molar-refractivity contribution in [3.63, 3.8) is 0 Å². The zero-order valence-corrected chi connectivity index (χ0v) is 10.2. The van der Waals surface area contributed by atoms with Crippen LogP contribution in [0.3, 0.4) is 0 Å². The molecule has 0 aliphatic carbocycles. The van der Waals surface area contributed by atoms with Gasteiger partial charge in [0.1, 0.15) is 5.69 Å². The van der Waals surface area contributed by atoms with Gasteiger partial charge in [-0.3, -0.25) is 9.08 Å². The molecule has 3 aromatic rings. The Labute approximate surface area is 103 Å². The van der Waals surface area contributed by atoms with E-state index < -0.39 is 0 Å². The van der Waals surface area contributed by atoms with Crippen molar-refractivity contribution in [1.82, 2.24) is 24.4 Å². The van der Waals surface area contributed by atoms with Gasteiger partial charge in [-0.05, 0) is 25.1 Å². The van der Waals surface area contributed by atoms with E-state index in [9.17, 15) is 0 Å². The van der Waals surface area contributed by atoms with Gasteiger partial charge < -0.3 is 0 Å². The molecule has 0 radical (unpaired) electrons. The first-order valence-electron chi connectivity index (χ1n) is 5.17. The summed E-state index contributed by atoms with van der Waals surface area (Å²) < 4.78 is 3.64. The van der Waals surface area contributed by atoms with E-state index in [1.165, 1.54) is 0 Å². The molecule has 0 aliphatic heterocycles. The maximum absolute atomic E-state index is 6.06. The summed E-state index contributed by atoms with van der Waals surface area (Å²) in [5, 5.41) is 13.1. The number of rotatable bonds is 1. The van der Waals surface area contributed by atoms with Crippen molar-refractivity contribution in [2.24, 2.45) is 7.05 Å². The van der Waals surface area contributed by atoms with E-state index in [1.54, 1.807) is 10.7 Å². The molecule has 0 aromatic carbocycles. The lowest BCUT2D eigenvalue weighted by Crippen LogP contribution is -1.97. The van der Waals surface area contributed by atoms with E-state index >= 15 is 0 Å². The molecule has 3 heterocycles. The first-order chi connectivity index (χ1) is 8.16. The number of halogens is 1. The monoisotopic (exact) mass is 247 g/mol. The zero-order chi connectivity index (χ0) is 12.0. The number of pyridine rings is 1. The van der Waals surface area contributed by atoms with E-state index in [-0.39, 0.29) is 0 Å². The highest BCUT2D eigenvalue weighted by atomic mass is 35.5. The topological polar surface area (TPSA) is 48.0 Å². The summed E-state index contributed by atoms with van der Waals surface area (Å²) >= 11 is 6.06. The van der Waals surface area contributed by atoms with Crippen LogP contribution in [0.4, 0.5) is 0 Å². The lowest BCUT2D eigenvalue weighted by molar-refractivity contribution is 0.757. The summed E-state index contributed by atoms with van der Waals surface area (Å²) in [6.45, 7) is 1.94. The van der Waals surface area contributed by atoms with Crippen LogP contribution < -0.4 is 0 Å². The molecule has 0 saturated heterocycles. The molecular weight excluding hydrogens is 238 g/mol. The fourth-order valence-electron chi connectivity index (χ4n) is 1.88. The quantitative estimate of drug-likeness (QED) is 0.662. The first-order valence-corrected chi connectivity index (χ1v) is 5.55. The van der Waals surface area contributed by atoms with Crippen LogP contribution in [0.5, 0.6) is 0 Å². The van der Waals surface area contributed by atoms with Crippen molar-refractivity contribution in [3.05, 3.63) is 35.1 Å². The van der Waals surface area contributed by atoms with Gasteiger partial charge in [0, 0.05) is 13.2 Å². The molecule has 0 saturated carbocycles. The van der Waals surface area contributed by atoms with E-state index in [4.69, 9.17) is 11.6 Å². The van der Waals surface area contributed by atoms with E-state index in [1.807, 2.05) is 36.7 Å². The second-order valence-electron chi connectivity index (χ2n) is 3.87. The van der Waals surface area contributed by atoms with Crippen LogP contribution in [-0.2, 0) is 7.05 Å². The van der Waals surface area contributed by atoms with Gasteiger partial charge in [0.2, 0.25) is 0 Å². The minimum Gasteiger partial charge on any atom is -0.280 e. The summed E-state index contributed by atoms with van der Waals surface area (Å²) in [4.78, 5) is 0. The summed E-state index contributed by atoms with van der Waals surface area (Å²) in [7, 11) is 1.88. The highest BCUT2D eigenvalue weighted by molar-refractivity contribution is 6.33. The largest absolute Gasteiger partial charge is 0.280 e. The highest BCUT2D eigenvalue weighted by Crippen LogP contribution is 2.22. The third-order valence-electron chi connectivity index (χ3n) is 2.62. The Morgan fingerprint density at radius 1 is 1.29 bits per heavy atom. The summed E-state index contributed by atoms with van der Waals surface area (Å²) in [5.41, 5.74) is 2.52. The molecule has 3 rings (SSSR count). The second-order valence-corrected chi connectivity index (χ2v) is 4.28. The van der Waals surface area contributed by atoms with Crippen LogP contribution in [0.25, 0.3) is 17.2 Å². The number of aryl methyl sites for hydroxylation is 2. The zero-order valence-electron chi connectivity index (χ0n) is 9.42. The van der Waals surface area contributed by atoms with Gasteiger partial charge in [-0.2, -0.15) is 5.10 Å². The van der Waals surface area contributed by atoms with Gasteiger partial charge in [-0.15, -0.1) is 10.2 Å². The van der Waals surface area contributed by atoms with Gasteiger partial charge in [0.05, 0.1) is 10.7 Å². The summed E-state index contributed by atoms with van der Waals surface area (Å²) in [6, 6.07) is 5.63. The van der Waals surface area contributed by atoms with Crippen molar-refractivity contribution >= 4 is 17.2 Å². The van der Waals surface area contributed by atoms with Crippen LogP contribution in [0.1, 0.15) is 5.69 Å². The number of nitrogens with zero attached hydrogens (tertiary/aromatic N) is 5. The minimum atomic E-state index is 0.588. The highest BCUT2D eigenvalue weighted by Gasteiger charge is 2.13. The summed E-state index contributed by atoms with van der Waals surface area (Å²) in [5.74, 6) is 0.741. The molecule has 0 atom stereocenters. The Kier molecular flexibility index (Phi) is 2.16. The number of fused-ring (bicyclic) bond motifs is 1. The van der Waals surface area contributed by atoms with Crippen molar-refractivity contribution in [1.29, 1.82) is 0 Å². The predicted molar refractivity (Wildman–Crippen MR) is 64.9 cm³/mol. The van der Waals surface area contributed by atoms with Crippen LogP contribution in [0.2, 0.25) is 5.02 Å². The minimum absolute atomic E-state index is 0.588. The molecule has 0 spiro atoms. The molecular formula is C11H10ClN5. The molecule has 0 amide bonds. The Hall–Kier alpha value is -1.88. The van der Waals surface area contributed by atoms with E-state index in [2.05, 4.69) is 15.3 Å². The first kappa shape index (κ1) is 10.3. The Balaban J connectivity index is 2.32. The van der Waals surface area contributed by atoms with Gasteiger partial charge in [0.15, 0.2) is 11.5 Å². The maximum Gasteiger partial charge on any atom is 0.186 e. The molecule has 0 aliphatic rings. The smallest absolute Gasteiger partial charge is 0.186 e. The maximum atomic E-state index is 6.06.